The van der Waals surface area contributed by atoms with Crippen molar-refractivity contribution >= 4 is 5.70 Å². The average molecular weight is 293 g/mol. The van der Waals surface area contributed by atoms with E-state index in [1.165, 1.54) is 0 Å². The van der Waals surface area contributed by atoms with Gasteiger partial charge in [0.25, 0.3) is 0 Å². The molecule has 0 aliphatic carbocycles. The van der Waals surface area contributed by atoms with Crippen LogP contribution in [0.3, 0.4) is 0 Å². The fourth-order valence-electron chi connectivity index (χ4n) is 2.26. The lowest BCUT2D eigenvalue weighted by Gasteiger charge is -2.11. The van der Waals surface area contributed by atoms with Gasteiger partial charge >= 0.3 is 0 Å². The highest BCUT2D eigenvalue weighted by Crippen LogP contribution is 2.13. The van der Waals surface area contributed by atoms with Gasteiger partial charge in [-0.3, -0.25) is 0 Å². The van der Waals surface area contributed by atoms with E-state index in [4.69, 9.17) is 0 Å². The van der Waals surface area contributed by atoms with Crippen molar-refractivity contribution in [3.05, 3.63) is 73.6 Å². The summed E-state index contributed by atoms with van der Waals surface area (Å²) in [6, 6.07) is 10.1. The zero-order valence-corrected chi connectivity index (χ0v) is 12.4. The third kappa shape index (κ3) is 3.44. The van der Waals surface area contributed by atoms with Crippen molar-refractivity contribution in [2.24, 2.45) is 0 Å². The van der Waals surface area contributed by atoms with Crippen LogP contribution in [0.1, 0.15) is 12.0 Å². The monoisotopic (exact) mass is 293 g/mol. The largest absolute Gasteiger partial charge is 0.385 e. The number of hydrogen-bond donors (Lipinski definition) is 1. The molecule has 1 N–H and O–H groups in total. The predicted molar refractivity (Wildman–Crippen MR) is 87.4 cm³/mol. The van der Waals surface area contributed by atoms with Crippen molar-refractivity contribution < 1.29 is 0 Å². The molecule has 3 aromatic rings. The Morgan fingerprint density at radius 1 is 1.14 bits per heavy atom. The topological polar surface area (TPSA) is 47.7 Å². The van der Waals surface area contributed by atoms with E-state index in [0.29, 0.717) is 0 Å². The summed E-state index contributed by atoms with van der Waals surface area (Å²) in [4.78, 5) is 4.03. The molecule has 0 spiro atoms. The minimum atomic E-state index is 0.887. The molecule has 0 unspecified atom stereocenters. The van der Waals surface area contributed by atoms with Gasteiger partial charge in [0.1, 0.15) is 0 Å². The first-order valence-electron chi connectivity index (χ1n) is 7.32. The molecule has 5 nitrogen and oxygen atoms in total. The van der Waals surface area contributed by atoms with Gasteiger partial charge in [0, 0.05) is 43.6 Å². The summed E-state index contributed by atoms with van der Waals surface area (Å²) in [6.45, 7) is 5.94. The van der Waals surface area contributed by atoms with Crippen LogP contribution in [-0.4, -0.2) is 25.9 Å². The highest BCUT2D eigenvalue weighted by atomic mass is 15.3. The molecule has 3 rings (SSSR count). The smallest absolute Gasteiger partial charge is 0.0945 e. The number of benzene rings is 1. The Hall–Kier alpha value is -2.82. The van der Waals surface area contributed by atoms with Crippen molar-refractivity contribution in [2.75, 3.05) is 6.54 Å². The summed E-state index contributed by atoms with van der Waals surface area (Å²) in [5.41, 5.74) is 3.08. The van der Waals surface area contributed by atoms with Gasteiger partial charge in [-0.05, 0) is 30.2 Å². The zero-order chi connectivity index (χ0) is 15.2. The number of aromatic nitrogens is 4. The summed E-state index contributed by atoms with van der Waals surface area (Å²) in [6.07, 6.45) is 10.3. The molecular formula is C17H19N5. The number of hydrogen-bond acceptors (Lipinski definition) is 3. The molecular weight excluding hydrogens is 274 g/mol. The van der Waals surface area contributed by atoms with Gasteiger partial charge in [0.2, 0.25) is 0 Å². The first-order chi connectivity index (χ1) is 10.8. The first kappa shape index (κ1) is 14.1. The number of nitrogens with zero attached hydrogens (tertiary/aromatic N) is 4. The van der Waals surface area contributed by atoms with Gasteiger partial charge < -0.3 is 9.88 Å². The van der Waals surface area contributed by atoms with Crippen LogP contribution in [0.15, 0.2) is 68.0 Å². The molecule has 0 aliphatic rings. The molecule has 0 aliphatic heterocycles. The maximum atomic E-state index is 4.22. The molecule has 5 heteroatoms. The zero-order valence-electron chi connectivity index (χ0n) is 12.4. The van der Waals surface area contributed by atoms with Gasteiger partial charge in [0.05, 0.1) is 12.0 Å². The molecule has 22 heavy (non-hydrogen) atoms. The highest BCUT2D eigenvalue weighted by molar-refractivity contribution is 5.62. The van der Waals surface area contributed by atoms with E-state index in [-0.39, 0.29) is 0 Å². The quantitative estimate of drug-likeness (QED) is 0.681. The summed E-state index contributed by atoms with van der Waals surface area (Å²) < 4.78 is 3.91. The van der Waals surface area contributed by atoms with Crippen molar-refractivity contribution in [3.8, 4) is 5.69 Å². The SMILES string of the molecule is C=C(NCCCn1ccnc1)c1ccc(-n2cccn2)cc1. The Morgan fingerprint density at radius 3 is 2.68 bits per heavy atom. The molecule has 0 bridgehead atoms. The Morgan fingerprint density at radius 2 is 2.00 bits per heavy atom. The average Bonchev–Trinajstić information content (AvgIpc) is 3.25. The van der Waals surface area contributed by atoms with E-state index in [9.17, 15) is 0 Å². The van der Waals surface area contributed by atoms with E-state index < -0.39 is 0 Å². The van der Waals surface area contributed by atoms with Gasteiger partial charge in [-0.1, -0.05) is 18.7 Å². The highest BCUT2D eigenvalue weighted by Gasteiger charge is 2.00. The summed E-state index contributed by atoms with van der Waals surface area (Å²) in [5.74, 6) is 0. The van der Waals surface area contributed by atoms with Crippen LogP contribution in [0, 0.1) is 0 Å². The molecule has 0 atom stereocenters. The molecule has 2 heterocycles. The normalized spacial score (nSPS) is 10.5. The van der Waals surface area contributed by atoms with E-state index in [1.807, 2.05) is 41.6 Å². The van der Waals surface area contributed by atoms with E-state index >= 15 is 0 Å². The second-order valence-corrected chi connectivity index (χ2v) is 5.06. The molecule has 0 saturated heterocycles. The molecule has 1 aromatic carbocycles. The fourth-order valence-corrected chi connectivity index (χ4v) is 2.26. The van der Waals surface area contributed by atoms with Crippen molar-refractivity contribution in [1.82, 2.24) is 24.6 Å². The summed E-state index contributed by atoms with van der Waals surface area (Å²) in [7, 11) is 0. The summed E-state index contributed by atoms with van der Waals surface area (Å²) in [5, 5.41) is 7.58. The number of rotatable bonds is 7. The maximum absolute atomic E-state index is 4.22. The van der Waals surface area contributed by atoms with Gasteiger partial charge in [-0.15, -0.1) is 0 Å². The minimum absolute atomic E-state index is 0.887. The lowest BCUT2D eigenvalue weighted by Crippen LogP contribution is -2.14. The maximum Gasteiger partial charge on any atom is 0.0945 e. The van der Waals surface area contributed by atoms with Crippen LogP contribution < -0.4 is 5.32 Å². The summed E-state index contributed by atoms with van der Waals surface area (Å²) >= 11 is 0. The van der Waals surface area contributed by atoms with Crippen molar-refractivity contribution in [2.45, 2.75) is 13.0 Å². The lowest BCUT2D eigenvalue weighted by atomic mass is 10.1. The van der Waals surface area contributed by atoms with Crippen LogP contribution in [-0.2, 0) is 6.54 Å². The van der Waals surface area contributed by atoms with Crippen molar-refractivity contribution in [1.29, 1.82) is 0 Å². The standard InChI is InChI=1S/C17H19N5/c1-15(19-8-2-11-21-13-10-18-14-21)16-4-6-17(7-5-16)22-12-3-9-20-22/h3-7,9-10,12-14,19H,1-2,8,11H2. The van der Waals surface area contributed by atoms with E-state index in [1.54, 1.807) is 12.4 Å². The Bertz CT molecular complexity index is 696. The van der Waals surface area contributed by atoms with E-state index in [0.717, 1.165) is 36.5 Å². The van der Waals surface area contributed by atoms with Crippen LogP contribution >= 0.6 is 0 Å². The number of aryl methyl sites for hydroxylation is 1. The second-order valence-electron chi connectivity index (χ2n) is 5.06. The molecule has 0 radical (unpaired) electrons. The van der Waals surface area contributed by atoms with Crippen LogP contribution in [0.2, 0.25) is 0 Å². The lowest BCUT2D eigenvalue weighted by molar-refractivity contribution is 0.627. The molecule has 2 aromatic heterocycles. The van der Waals surface area contributed by atoms with Gasteiger partial charge in [-0.2, -0.15) is 5.10 Å². The van der Waals surface area contributed by atoms with Crippen molar-refractivity contribution in [3.63, 3.8) is 0 Å². The molecule has 0 amide bonds. The third-order valence-electron chi connectivity index (χ3n) is 3.48. The Kier molecular flexibility index (Phi) is 4.34. The number of imidazole rings is 1. The van der Waals surface area contributed by atoms with Crippen LogP contribution in [0.4, 0.5) is 0 Å². The Balaban J connectivity index is 1.49. The van der Waals surface area contributed by atoms with Crippen LogP contribution in [0.25, 0.3) is 11.4 Å². The molecule has 0 saturated carbocycles. The van der Waals surface area contributed by atoms with E-state index in [2.05, 4.69) is 38.7 Å². The third-order valence-corrected chi connectivity index (χ3v) is 3.48. The fraction of sp³-hybridized carbons (Fsp3) is 0.176. The second kappa shape index (κ2) is 6.76. The minimum Gasteiger partial charge on any atom is -0.385 e. The molecule has 112 valence electrons. The van der Waals surface area contributed by atoms with Crippen LogP contribution in [0.5, 0.6) is 0 Å². The van der Waals surface area contributed by atoms with Gasteiger partial charge in [-0.25, -0.2) is 9.67 Å². The first-order valence-corrected chi connectivity index (χ1v) is 7.32. The number of nitrogens with one attached hydrogen (secondary N) is 1. The predicted octanol–water partition coefficient (Wildman–Crippen LogP) is 2.72. The Labute approximate surface area is 129 Å². The van der Waals surface area contributed by atoms with Gasteiger partial charge in [0.15, 0.2) is 0 Å². The molecule has 0 fully saturated rings.